The van der Waals surface area contributed by atoms with Crippen LogP contribution in [0.15, 0.2) is 0 Å². The van der Waals surface area contributed by atoms with Crippen molar-refractivity contribution < 1.29 is 4.74 Å². The lowest BCUT2D eigenvalue weighted by Crippen LogP contribution is -2.08. The second kappa shape index (κ2) is 6.66. The van der Waals surface area contributed by atoms with E-state index in [2.05, 4.69) is 0 Å². The van der Waals surface area contributed by atoms with E-state index in [-0.39, 0.29) is 0 Å². The van der Waals surface area contributed by atoms with E-state index >= 15 is 0 Å². The summed E-state index contributed by atoms with van der Waals surface area (Å²) in [6, 6.07) is 0. The Balaban J connectivity index is 2.88. The Kier molecular flexibility index (Phi) is 7.06. The van der Waals surface area contributed by atoms with E-state index in [0.29, 0.717) is 24.3 Å². The Labute approximate surface area is 66.3 Å². The van der Waals surface area contributed by atoms with Gasteiger partial charge in [0.2, 0.25) is 0 Å². The van der Waals surface area contributed by atoms with E-state index in [9.17, 15) is 0 Å². The molecule has 0 aliphatic carbocycles. The van der Waals surface area contributed by atoms with Crippen LogP contribution in [-0.4, -0.2) is 25.0 Å². The molecule has 0 radical (unpaired) electrons. The fraction of sp³-hybridized carbons (Fsp3) is 1.00. The van der Waals surface area contributed by atoms with Crippen molar-refractivity contribution in [3.63, 3.8) is 0 Å². The first-order valence-corrected chi connectivity index (χ1v) is 4.07. The quantitative estimate of drug-likeness (QED) is 0.454. The molecule has 1 atom stereocenters. The van der Waals surface area contributed by atoms with E-state index in [0.717, 1.165) is 6.61 Å². The van der Waals surface area contributed by atoms with E-state index < -0.39 is 0 Å². The summed E-state index contributed by atoms with van der Waals surface area (Å²) in [4.78, 5) is 0. The first-order valence-electron chi connectivity index (χ1n) is 3.01. The van der Waals surface area contributed by atoms with Gasteiger partial charge in [0.15, 0.2) is 0 Å². The Morgan fingerprint density at radius 3 is 2.56 bits per heavy atom. The van der Waals surface area contributed by atoms with E-state index in [1.807, 2.05) is 6.92 Å². The molecule has 0 aromatic rings. The standard InChI is InChI=1S/C6H12Cl2O/c1-6(4-8)5-9-3-2-7/h6H,2-5H2,1H3/t6-/m1/s1. The van der Waals surface area contributed by atoms with Crippen LogP contribution in [0.4, 0.5) is 0 Å². The van der Waals surface area contributed by atoms with E-state index in [1.54, 1.807) is 0 Å². The summed E-state index contributed by atoms with van der Waals surface area (Å²) in [6.07, 6.45) is 0. The van der Waals surface area contributed by atoms with Crippen molar-refractivity contribution >= 4 is 23.2 Å². The molecular weight excluding hydrogens is 159 g/mol. The van der Waals surface area contributed by atoms with Gasteiger partial charge in [0.05, 0.1) is 13.2 Å². The summed E-state index contributed by atoms with van der Waals surface area (Å²) in [6.45, 7) is 3.39. The maximum absolute atomic E-state index is 5.52. The molecule has 0 aliphatic heterocycles. The molecular formula is C6H12Cl2O. The Hall–Kier alpha value is 0.540. The highest BCUT2D eigenvalue weighted by Crippen LogP contribution is 1.97. The molecule has 0 aromatic heterocycles. The molecule has 0 spiro atoms. The minimum atomic E-state index is 0.440. The minimum absolute atomic E-state index is 0.440. The third-order valence-corrected chi connectivity index (χ3v) is 1.57. The van der Waals surface area contributed by atoms with Crippen molar-refractivity contribution in [2.75, 3.05) is 25.0 Å². The molecule has 0 saturated carbocycles. The number of rotatable bonds is 5. The van der Waals surface area contributed by atoms with Gasteiger partial charge in [-0.3, -0.25) is 0 Å². The maximum Gasteiger partial charge on any atom is 0.0601 e. The van der Waals surface area contributed by atoms with Crippen molar-refractivity contribution in [3.05, 3.63) is 0 Å². The van der Waals surface area contributed by atoms with E-state index in [1.165, 1.54) is 0 Å². The summed E-state index contributed by atoms with van der Waals surface area (Å²) in [7, 11) is 0. The van der Waals surface area contributed by atoms with Gasteiger partial charge in [-0.05, 0) is 5.92 Å². The number of hydrogen-bond acceptors (Lipinski definition) is 1. The maximum atomic E-state index is 5.52. The molecule has 0 saturated heterocycles. The van der Waals surface area contributed by atoms with Crippen molar-refractivity contribution in [2.45, 2.75) is 6.92 Å². The third-order valence-electron chi connectivity index (χ3n) is 0.887. The zero-order valence-electron chi connectivity index (χ0n) is 5.57. The lowest BCUT2D eigenvalue weighted by molar-refractivity contribution is 0.124. The van der Waals surface area contributed by atoms with Crippen molar-refractivity contribution in [3.8, 4) is 0 Å². The average molecular weight is 171 g/mol. The smallest absolute Gasteiger partial charge is 0.0601 e. The van der Waals surface area contributed by atoms with Gasteiger partial charge in [-0.2, -0.15) is 0 Å². The summed E-state index contributed by atoms with van der Waals surface area (Å²) < 4.78 is 5.12. The molecule has 0 N–H and O–H groups in total. The summed E-state index contributed by atoms with van der Waals surface area (Å²) in [5, 5.41) is 0. The summed E-state index contributed by atoms with van der Waals surface area (Å²) in [5.74, 6) is 1.66. The third kappa shape index (κ3) is 6.42. The van der Waals surface area contributed by atoms with Crippen LogP contribution < -0.4 is 0 Å². The predicted octanol–water partition coefficient (Wildman–Crippen LogP) is 2.12. The molecule has 3 heteroatoms. The summed E-state index contributed by atoms with van der Waals surface area (Å²) >= 11 is 10.9. The predicted molar refractivity (Wildman–Crippen MR) is 41.4 cm³/mol. The van der Waals surface area contributed by atoms with Crippen LogP contribution in [0.1, 0.15) is 6.92 Å². The Morgan fingerprint density at radius 2 is 2.11 bits per heavy atom. The second-order valence-corrected chi connectivity index (χ2v) is 2.71. The summed E-state index contributed by atoms with van der Waals surface area (Å²) in [5.41, 5.74) is 0. The van der Waals surface area contributed by atoms with Gasteiger partial charge in [0.1, 0.15) is 0 Å². The number of hydrogen-bond donors (Lipinski definition) is 0. The molecule has 0 fully saturated rings. The van der Waals surface area contributed by atoms with Gasteiger partial charge in [-0.1, -0.05) is 6.92 Å². The topological polar surface area (TPSA) is 9.23 Å². The fourth-order valence-corrected chi connectivity index (χ4v) is 0.582. The lowest BCUT2D eigenvalue weighted by atomic mass is 10.2. The van der Waals surface area contributed by atoms with Crippen LogP contribution in [-0.2, 0) is 4.74 Å². The SMILES string of the molecule is C[C@H](CCl)COCCCl. The van der Waals surface area contributed by atoms with Gasteiger partial charge in [0.25, 0.3) is 0 Å². The largest absolute Gasteiger partial charge is 0.380 e. The number of alkyl halides is 2. The first-order chi connectivity index (χ1) is 4.31. The number of ether oxygens (including phenoxy) is 1. The van der Waals surface area contributed by atoms with Gasteiger partial charge < -0.3 is 4.74 Å². The van der Waals surface area contributed by atoms with Crippen LogP contribution in [0, 0.1) is 5.92 Å². The molecule has 0 bridgehead atoms. The molecule has 0 amide bonds. The molecule has 0 unspecified atom stereocenters. The molecule has 1 nitrogen and oxygen atoms in total. The van der Waals surface area contributed by atoms with Crippen LogP contribution in [0.25, 0.3) is 0 Å². The van der Waals surface area contributed by atoms with Crippen LogP contribution >= 0.6 is 23.2 Å². The van der Waals surface area contributed by atoms with Crippen LogP contribution in [0.3, 0.4) is 0 Å². The molecule has 0 heterocycles. The monoisotopic (exact) mass is 170 g/mol. The van der Waals surface area contributed by atoms with Gasteiger partial charge in [-0.15, -0.1) is 23.2 Å². The van der Waals surface area contributed by atoms with Crippen molar-refractivity contribution in [1.82, 2.24) is 0 Å². The van der Waals surface area contributed by atoms with Crippen molar-refractivity contribution in [1.29, 1.82) is 0 Å². The zero-order chi connectivity index (χ0) is 7.11. The highest BCUT2D eigenvalue weighted by Gasteiger charge is 1.97. The van der Waals surface area contributed by atoms with Crippen molar-refractivity contribution in [2.24, 2.45) is 5.92 Å². The molecule has 0 rings (SSSR count). The normalized spacial score (nSPS) is 13.7. The zero-order valence-corrected chi connectivity index (χ0v) is 7.08. The number of halogens is 2. The first kappa shape index (κ1) is 9.54. The van der Waals surface area contributed by atoms with Gasteiger partial charge in [0, 0.05) is 11.8 Å². The van der Waals surface area contributed by atoms with E-state index in [4.69, 9.17) is 27.9 Å². The lowest BCUT2D eigenvalue weighted by Gasteiger charge is -2.05. The second-order valence-electron chi connectivity index (χ2n) is 2.02. The van der Waals surface area contributed by atoms with Crippen LogP contribution in [0.2, 0.25) is 0 Å². The fourth-order valence-electron chi connectivity index (χ4n) is 0.384. The highest BCUT2D eigenvalue weighted by molar-refractivity contribution is 6.18. The molecule has 9 heavy (non-hydrogen) atoms. The average Bonchev–Trinajstić information content (AvgIpc) is 1.89. The molecule has 56 valence electrons. The molecule has 0 aliphatic rings. The highest BCUT2D eigenvalue weighted by atomic mass is 35.5. The Bertz CT molecular complexity index is 59.0. The minimum Gasteiger partial charge on any atom is -0.380 e. The van der Waals surface area contributed by atoms with Gasteiger partial charge in [-0.25, -0.2) is 0 Å². The van der Waals surface area contributed by atoms with Crippen LogP contribution in [0.5, 0.6) is 0 Å². The van der Waals surface area contributed by atoms with Gasteiger partial charge >= 0.3 is 0 Å². The molecule has 0 aromatic carbocycles. The Morgan fingerprint density at radius 1 is 1.44 bits per heavy atom.